The van der Waals surface area contributed by atoms with Crippen molar-refractivity contribution in [1.82, 2.24) is 4.90 Å². The lowest BCUT2D eigenvalue weighted by molar-refractivity contribution is -0.0911. The lowest BCUT2D eigenvalue weighted by Gasteiger charge is -2.50. The SMILES string of the molecule is CC(C)C1CC(CN)(N2CCc3sccc3C2)CCO1. The molecule has 4 heteroatoms. The number of nitrogens with zero attached hydrogens (tertiary/aromatic N) is 1. The maximum Gasteiger partial charge on any atom is 0.0616 e. The molecule has 112 valence electrons. The van der Waals surface area contributed by atoms with Crippen LogP contribution in [0.2, 0.25) is 0 Å². The molecule has 20 heavy (non-hydrogen) atoms. The first kappa shape index (κ1) is 14.5. The van der Waals surface area contributed by atoms with Crippen molar-refractivity contribution in [3.8, 4) is 0 Å². The van der Waals surface area contributed by atoms with Crippen molar-refractivity contribution in [3.05, 3.63) is 21.9 Å². The summed E-state index contributed by atoms with van der Waals surface area (Å²) in [7, 11) is 0. The summed E-state index contributed by atoms with van der Waals surface area (Å²) in [6.07, 6.45) is 3.70. The van der Waals surface area contributed by atoms with Crippen LogP contribution in [0.25, 0.3) is 0 Å². The van der Waals surface area contributed by atoms with E-state index in [1.807, 2.05) is 11.3 Å². The highest BCUT2D eigenvalue weighted by molar-refractivity contribution is 7.10. The van der Waals surface area contributed by atoms with E-state index in [0.29, 0.717) is 12.0 Å². The summed E-state index contributed by atoms with van der Waals surface area (Å²) >= 11 is 1.90. The fourth-order valence-electron chi connectivity index (χ4n) is 3.62. The lowest BCUT2D eigenvalue weighted by atomic mass is 9.80. The van der Waals surface area contributed by atoms with E-state index >= 15 is 0 Å². The molecule has 0 amide bonds. The largest absolute Gasteiger partial charge is 0.378 e. The Morgan fingerprint density at radius 1 is 1.55 bits per heavy atom. The van der Waals surface area contributed by atoms with Gasteiger partial charge >= 0.3 is 0 Å². The molecule has 3 nitrogen and oxygen atoms in total. The highest BCUT2D eigenvalue weighted by Crippen LogP contribution is 2.37. The number of nitrogens with two attached hydrogens (primary N) is 1. The van der Waals surface area contributed by atoms with Gasteiger partial charge in [0, 0.05) is 36.7 Å². The van der Waals surface area contributed by atoms with Gasteiger partial charge in [-0.05, 0) is 42.2 Å². The molecule has 0 bridgehead atoms. The van der Waals surface area contributed by atoms with E-state index in [4.69, 9.17) is 10.5 Å². The molecule has 0 radical (unpaired) electrons. The van der Waals surface area contributed by atoms with Gasteiger partial charge in [-0.25, -0.2) is 0 Å². The minimum Gasteiger partial charge on any atom is -0.378 e. The number of rotatable bonds is 3. The third kappa shape index (κ3) is 2.54. The van der Waals surface area contributed by atoms with Gasteiger partial charge in [0.2, 0.25) is 0 Å². The summed E-state index contributed by atoms with van der Waals surface area (Å²) in [5, 5.41) is 2.23. The number of thiophene rings is 1. The van der Waals surface area contributed by atoms with Crippen molar-refractivity contribution in [2.24, 2.45) is 11.7 Å². The van der Waals surface area contributed by atoms with E-state index in [0.717, 1.165) is 39.1 Å². The van der Waals surface area contributed by atoms with Crippen molar-refractivity contribution in [2.75, 3.05) is 19.7 Å². The molecule has 2 aliphatic heterocycles. The molecule has 1 saturated heterocycles. The average Bonchev–Trinajstić information content (AvgIpc) is 2.94. The molecular weight excluding hydrogens is 268 g/mol. The molecule has 0 saturated carbocycles. The molecule has 2 unspecified atom stereocenters. The molecule has 1 aromatic heterocycles. The molecule has 0 aliphatic carbocycles. The molecule has 2 aliphatic rings. The minimum atomic E-state index is 0.146. The Balaban J connectivity index is 1.79. The van der Waals surface area contributed by atoms with Gasteiger partial charge in [-0.3, -0.25) is 4.90 Å². The second kappa shape index (κ2) is 5.76. The number of hydrogen-bond donors (Lipinski definition) is 1. The van der Waals surface area contributed by atoms with Gasteiger partial charge in [-0.1, -0.05) is 13.8 Å². The van der Waals surface area contributed by atoms with Crippen LogP contribution in [0.4, 0.5) is 0 Å². The third-order valence-corrected chi connectivity index (χ3v) is 6.11. The van der Waals surface area contributed by atoms with Crippen LogP contribution >= 0.6 is 11.3 Å². The zero-order valence-corrected chi connectivity index (χ0v) is 13.4. The summed E-state index contributed by atoms with van der Waals surface area (Å²) in [6, 6.07) is 2.29. The molecule has 1 aromatic rings. The second-order valence-corrected chi connectivity index (χ2v) is 7.58. The zero-order chi connectivity index (χ0) is 14.2. The summed E-state index contributed by atoms with van der Waals surface area (Å²) in [4.78, 5) is 4.21. The van der Waals surface area contributed by atoms with E-state index in [1.54, 1.807) is 4.88 Å². The standard InChI is InChI=1S/C16H26N2OS/c1-12(2)14-9-16(11-17,5-7-19-14)18-6-3-15-13(10-18)4-8-20-15/h4,8,12,14H,3,5-7,9-11,17H2,1-2H3. The fraction of sp³-hybridized carbons (Fsp3) is 0.750. The number of ether oxygens (including phenoxy) is 1. The predicted molar refractivity (Wildman–Crippen MR) is 84.0 cm³/mol. The van der Waals surface area contributed by atoms with E-state index < -0.39 is 0 Å². The number of fused-ring (bicyclic) bond motifs is 1. The predicted octanol–water partition coefficient (Wildman–Crippen LogP) is 2.64. The van der Waals surface area contributed by atoms with Crippen molar-refractivity contribution in [1.29, 1.82) is 0 Å². The normalized spacial score (nSPS) is 31.5. The first-order chi connectivity index (χ1) is 9.64. The van der Waals surface area contributed by atoms with Crippen LogP contribution in [0, 0.1) is 5.92 Å². The number of hydrogen-bond acceptors (Lipinski definition) is 4. The van der Waals surface area contributed by atoms with Crippen molar-refractivity contribution in [2.45, 2.75) is 51.3 Å². The molecule has 1 fully saturated rings. The Labute approximate surface area is 126 Å². The molecular formula is C16H26N2OS. The fourth-order valence-corrected chi connectivity index (χ4v) is 4.51. The summed E-state index contributed by atoms with van der Waals surface area (Å²) in [6.45, 7) is 8.33. The Morgan fingerprint density at radius 3 is 3.15 bits per heavy atom. The smallest absolute Gasteiger partial charge is 0.0616 e. The van der Waals surface area contributed by atoms with Crippen LogP contribution in [-0.2, 0) is 17.7 Å². The topological polar surface area (TPSA) is 38.5 Å². The summed E-state index contributed by atoms with van der Waals surface area (Å²) in [5.41, 5.74) is 7.89. The first-order valence-electron chi connectivity index (χ1n) is 7.76. The van der Waals surface area contributed by atoms with Gasteiger partial charge in [0.1, 0.15) is 0 Å². The maximum absolute atomic E-state index is 6.23. The van der Waals surface area contributed by atoms with Crippen molar-refractivity contribution < 1.29 is 4.74 Å². The Kier molecular flexibility index (Phi) is 4.18. The highest BCUT2D eigenvalue weighted by atomic mass is 32.1. The van der Waals surface area contributed by atoms with E-state index in [-0.39, 0.29) is 5.54 Å². The molecule has 3 heterocycles. The first-order valence-corrected chi connectivity index (χ1v) is 8.64. The van der Waals surface area contributed by atoms with Gasteiger partial charge in [-0.15, -0.1) is 11.3 Å². The van der Waals surface area contributed by atoms with Crippen LogP contribution in [-0.4, -0.2) is 36.2 Å². The van der Waals surface area contributed by atoms with E-state index in [2.05, 4.69) is 30.2 Å². The van der Waals surface area contributed by atoms with Crippen LogP contribution < -0.4 is 5.73 Å². The monoisotopic (exact) mass is 294 g/mol. The maximum atomic E-state index is 6.23. The average molecular weight is 294 g/mol. The van der Waals surface area contributed by atoms with Gasteiger partial charge in [0.15, 0.2) is 0 Å². The Hall–Kier alpha value is -0.420. The third-order valence-electron chi connectivity index (χ3n) is 5.08. The van der Waals surface area contributed by atoms with Crippen molar-refractivity contribution in [3.63, 3.8) is 0 Å². The molecule has 0 aromatic carbocycles. The van der Waals surface area contributed by atoms with E-state index in [1.165, 1.54) is 12.0 Å². The lowest BCUT2D eigenvalue weighted by Crippen LogP contribution is -2.60. The van der Waals surface area contributed by atoms with Gasteiger partial charge in [-0.2, -0.15) is 0 Å². The molecule has 0 spiro atoms. The van der Waals surface area contributed by atoms with Crippen LogP contribution in [0.15, 0.2) is 11.4 Å². The van der Waals surface area contributed by atoms with Crippen LogP contribution in [0.1, 0.15) is 37.1 Å². The minimum absolute atomic E-state index is 0.146. The van der Waals surface area contributed by atoms with Crippen LogP contribution in [0.3, 0.4) is 0 Å². The Bertz CT molecular complexity index is 459. The Morgan fingerprint density at radius 2 is 2.40 bits per heavy atom. The highest BCUT2D eigenvalue weighted by Gasteiger charge is 2.42. The van der Waals surface area contributed by atoms with Gasteiger partial charge < -0.3 is 10.5 Å². The van der Waals surface area contributed by atoms with Gasteiger partial charge in [0.05, 0.1) is 6.10 Å². The molecule has 3 rings (SSSR count). The molecule has 2 atom stereocenters. The quantitative estimate of drug-likeness (QED) is 0.931. The zero-order valence-electron chi connectivity index (χ0n) is 12.6. The second-order valence-electron chi connectivity index (χ2n) is 6.58. The van der Waals surface area contributed by atoms with Crippen molar-refractivity contribution >= 4 is 11.3 Å². The summed E-state index contributed by atoms with van der Waals surface area (Å²) in [5.74, 6) is 0.572. The van der Waals surface area contributed by atoms with E-state index in [9.17, 15) is 0 Å². The van der Waals surface area contributed by atoms with Gasteiger partial charge in [0.25, 0.3) is 0 Å². The molecule has 2 N–H and O–H groups in total. The summed E-state index contributed by atoms with van der Waals surface area (Å²) < 4.78 is 5.96. The van der Waals surface area contributed by atoms with Crippen LogP contribution in [0.5, 0.6) is 0 Å².